The number of benzene rings is 2. The SMILES string of the molecule is Cc1ccc([N+]2(CCCn3c(=O)[nH]c4c(Cl)cccc4c3=O)CC3CCC(C2)N3)cc1. The van der Waals surface area contributed by atoms with Crippen molar-refractivity contribution in [1.29, 1.82) is 0 Å². The summed E-state index contributed by atoms with van der Waals surface area (Å²) >= 11 is 6.16. The lowest BCUT2D eigenvalue weighted by Crippen LogP contribution is -2.64. The Morgan fingerprint density at radius 3 is 2.48 bits per heavy atom. The standard InChI is InChI=1S/C24H27ClN4O2/c1-16-6-10-19(11-7-16)29(14-17-8-9-18(15-29)26-17)13-3-12-28-23(30)20-4-2-5-21(25)22(20)27-24(28)31/h2,4-7,10-11,17-18,26H,3,8-9,12-15H2,1H3/p+1. The third-order valence-electron chi connectivity index (χ3n) is 6.99. The zero-order valence-corrected chi connectivity index (χ0v) is 18.5. The van der Waals surface area contributed by atoms with Crippen molar-refractivity contribution in [3.8, 4) is 0 Å². The van der Waals surface area contributed by atoms with Gasteiger partial charge in [-0.2, -0.15) is 0 Å². The normalized spacial score (nSPS) is 25.2. The quantitative estimate of drug-likeness (QED) is 0.600. The van der Waals surface area contributed by atoms with Gasteiger partial charge in [-0.1, -0.05) is 35.4 Å². The summed E-state index contributed by atoms with van der Waals surface area (Å²) in [6, 6.07) is 15.1. The number of nitrogens with one attached hydrogen (secondary N) is 2. The molecule has 0 spiro atoms. The number of halogens is 1. The van der Waals surface area contributed by atoms with Crippen molar-refractivity contribution in [1.82, 2.24) is 19.4 Å². The van der Waals surface area contributed by atoms with Crippen molar-refractivity contribution in [2.24, 2.45) is 0 Å². The second-order valence-corrected chi connectivity index (χ2v) is 9.52. The molecule has 2 aliphatic rings. The molecule has 6 nitrogen and oxygen atoms in total. The Morgan fingerprint density at radius 2 is 1.77 bits per heavy atom. The van der Waals surface area contributed by atoms with Crippen LogP contribution in [0.1, 0.15) is 24.8 Å². The van der Waals surface area contributed by atoms with Gasteiger partial charge in [-0.25, -0.2) is 4.79 Å². The molecule has 7 heteroatoms. The molecule has 2 N–H and O–H groups in total. The number of likely N-dealkylation sites (tertiary alicyclic amines) is 1. The van der Waals surface area contributed by atoms with E-state index in [1.54, 1.807) is 18.2 Å². The highest BCUT2D eigenvalue weighted by atomic mass is 35.5. The highest BCUT2D eigenvalue weighted by Gasteiger charge is 2.44. The van der Waals surface area contributed by atoms with Gasteiger partial charge in [0.1, 0.15) is 5.69 Å². The molecule has 0 radical (unpaired) electrons. The maximum atomic E-state index is 13.0. The molecule has 2 unspecified atom stereocenters. The molecule has 0 saturated carbocycles. The number of nitrogens with zero attached hydrogens (tertiary/aromatic N) is 2. The minimum Gasteiger partial charge on any atom is -0.305 e. The number of hydrogen-bond donors (Lipinski definition) is 2. The van der Waals surface area contributed by atoms with E-state index in [1.807, 2.05) is 0 Å². The van der Waals surface area contributed by atoms with Crippen LogP contribution < -0.4 is 21.0 Å². The van der Waals surface area contributed by atoms with Crippen LogP contribution in [0, 0.1) is 6.92 Å². The van der Waals surface area contributed by atoms with Gasteiger partial charge in [-0.05, 0) is 44.0 Å². The van der Waals surface area contributed by atoms with Crippen molar-refractivity contribution in [3.05, 3.63) is 73.9 Å². The molecule has 162 valence electrons. The molecule has 0 amide bonds. The fourth-order valence-electron chi connectivity index (χ4n) is 5.47. The minimum atomic E-state index is -0.395. The van der Waals surface area contributed by atoms with Crippen LogP contribution in [0.25, 0.3) is 10.9 Å². The summed E-state index contributed by atoms with van der Waals surface area (Å²) < 4.78 is 2.23. The van der Waals surface area contributed by atoms with Crippen molar-refractivity contribution in [3.63, 3.8) is 0 Å². The van der Waals surface area contributed by atoms with Gasteiger partial charge in [0.25, 0.3) is 5.56 Å². The molecule has 5 rings (SSSR count). The summed E-state index contributed by atoms with van der Waals surface area (Å²) in [5.41, 5.74) is 2.33. The first-order valence-electron chi connectivity index (χ1n) is 11.1. The Hall–Kier alpha value is -2.41. The summed E-state index contributed by atoms with van der Waals surface area (Å²) in [4.78, 5) is 28.4. The van der Waals surface area contributed by atoms with Gasteiger partial charge in [0.05, 0.1) is 47.6 Å². The van der Waals surface area contributed by atoms with Gasteiger partial charge in [0.2, 0.25) is 0 Å². The molecule has 2 atom stereocenters. The summed E-state index contributed by atoms with van der Waals surface area (Å²) in [6.07, 6.45) is 3.20. The smallest absolute Gasteiger partial charge is 0.305 e. The number of rotatable bonds is 5. The van der Waals surface area contributed by atoms with E-state index in [0.29, 0.717) is 34.6 Å². The third-order valence-corrected chi connectivity index (χ3v) is 7.31. The average molecular weight is 440 g/mol. The van der Waals surface area contributed by atoms with E-state index >= 15 is 0 Å². The van der Waals surface area contributed by atoms with Crippen LogP contribution in [-0.4, -0.2) is 41.3 Å². The number of aromatic amines is 1. The number of H-pyrrole nitrogens is 1. The number of aryl methyl sites for hydroxylation is 1. The van der Waals surface area contributed by atoms with Gasteiger partial charge in [0.15, 0.2) is 0 Å². The highest BCUT2D eigenvalue weighted by molar-refractivity contribution is 6.34. The molecule has 0 aliphatic carbocycles. The number of piperazine rings is 1. The zero-order chi connectivity index (χ0) is 21.6. The molecule has 3 aromatic rings. The lowest BCUT2D eigenvalue weighted by atomic mass is 10.1. The first-order valence-corrected chi connectivity index (χ1v) is 11.4. The summed E-state index contributed by atoms with van der Waals surface area (Å²) in [7, 11) is 0. The van der Waals surface area contributed by atoms with E-state index in [9.17, 15) is 9.59 Å². The van der Waals surface area contributed by atoms with Crippen LogP contribution in [-0.2, 0) is 6.54 Å². The maximum absolute atomic E-state index is 13.0. The molecule has 31 heavy (non-hydrogen) atoms. The Labute approximate surface area is 186 Å². The summed E-state index contributed by atoms with van der Waals surface area (Å²) in [5, 5.41) is 4.58. The average Bonchev–Trinajstić information content (AvgIpc) is 3.10. The monoisotopic (exact) mass is 439 g/mol. The molecular weight excluding hydrogens is 412 g/mol. The number of hydrogen-bond acceptors (Lipinski definition) is 3. The van der Waals surface area contributed by atoms with E-state index in [1.165, 1.54) is 28.7 Å². The molecule has 2 aliphatic heterocycles. The van der Waals surface area contributed by atoms with Gasteiger partial charge in [-0.15, -0.1) is 0 Å². The largest absolute Gasteiger partial charge is 0.328 e. The molecule has 2 bridgehead atoms. The lowest BCUT2D eigenvalue weighted by Gasteiger charge is -2.44. The van der Waals surface area contributed by atoms with Crippen molar-refractivity contribution in [2.75, 3.05) is 19.6 Å². The molecular formula is C24H28ClN4O2+. The van der Waals surface area contributed by atoms with Crippen molar-refractivity contribution in [2.45, 2.75) is 44.8 Å². The molecule has 2 aromatic carbocycles. The van der Waals surface area contributed by atoms with Gasteiger partial charge < -0.3 is 10.3 Å². The second kappa shape index (κ2) is 7.93. The Kier molecular flexibility index (Phi) is 5.24. The Morgan fingerprint density at radius 1 is 1.06 bits per heavy atom. The topological polar surface area (TPSA) is 66.9 Å². The molecule has 2 saturated heterocycles. The van der Waals surface area contributed by atoms with Crippen LogP contribution in [0.3, 0.4) is 0 Å². The third kappa shape index (κ3) is 3.73. The Balaban J connectivity index is 1.43. The number of para-hydroxylation sites is 1. The lowest BCUT2D eigenvalue weighted by molar-refractivity contribution is 0.192. The summed E-state index contributed by atoms with van der Waals surface area (Å²) in [5.74, 6) is 0. The number of quaternary nitrogens is 1. The van der Waals surface area contributed by atoms with Crippen LogP contribution in [0.15, 0.2) is 52.1 Å². The van der Waals surface area contributed by atoms with Crippen LogP contribution >= 0.6 is 11.6 Å². The maximum Gasteiger partial charge on any atom is 0.328 e. The van der Waals surface area contributed by atoms with Crippen LogP contribution in [0.2, 0.25) is 5.02 Å². The Bertz CT molecular complexity index is 1220. The second-order valence-electron chi connectivity index (χ2n) is 9.11. The fraction of sp³-hybridized carbons (Fsp3) is 0.417. The molecule has 2 fully saturated rings. The predicted molar refractivity (Wildman–Crippen MR) is 126 cm³/mol. The molecule has 3 heterocycles. The van der Waals surface area contributed by atoms with Crippen LogP contribution in [0.4, 0.5) is 5.69 Å². The molecule has 1 aromatic heterocycles. The van der Waals surface area contributed by atoms with E-state index in [-0.39, 0.29) is 5.56 Å². The van der Waals surface area contributed by atoms with E-state index in [0.717, 1.165) is 30.5 Å². The number of aromatic nitrogens is 2. The summed E-state index contributed by atoms with van der Waals surface area (Å²) in [6.45, 7) is 5.51. The predicted octanol–water partition coefficient (Wildman–Crippen LogP) is 3.18. The minimum absolute atomic E-state index is 0.275. The van der Waals surface area contributed by atoms with E-state index in [2.05, 4.69) is 41.5 Å². The zero-order valence-electron chi connectivity index (χ0n) is 17.7. The van der Waals surface area contributed by atoms with Crippen molar-refractivity contribution < 1.29 is 0 Å². The van der Waals surface area contributed by atoms with Gasteiger partial charge >= 0.3 is 5.69 Å². The van der Waals surface area contributed by atoms with Crippen LogP contribution in [0.5, 0.6) is 0 Å². The van der Waals surface area contributed by atoms with Gasteiger partial charge in [-0.3, -0.25) is 13.8 Å². The highest BCUT2D eigenvalue weighted by Crippen LogP contribution is 2.33. The fourth-order valence-corrected chi connectivity index (χ4v) is 5.69. The first kappa shape index (κ1) is 20.5. The first-order chi connectivity index (χ1) is 14.9. The number of fused-ring (bicyclic) bond motifs is 3. The van der Waals surface area contributed by atoms with Crippen molar-refractivity contribution >= 4 is 28.2 Å². The van der Waals surface area contributed by atoms with E-state index in [4.69, 9.17) is 11.6 Å². The van der Waals surface area contributed by atoms with Gasteiger partial charge in [0, 0.05) is 13.0 Å². The van der Waals surface area contributed by atoms with E-state index < -0.39 is 5.69 Å².